The second kappa shape index (κ2) is 5.71. The summed E-state index contributed by atoms with van der Waals surface area (Å²) in [6, 6.07) is 6.02. The van der Waals surface area contributed by atoms with Gasteiger partial charge < -0.3 is 5.73 Å². The molecular weight excluding hydrogens is 231 g/mol. The maximum atomic E-state index is 5.96. The zero-order valence-corrected chi connectivity index (χ0v) is 10.5. The SMILES string of the molecule is CC(c1ccc(Cl)c(Cl)c1)N(C)CCN. The van der Waals surface area contributed by atoms with Gasteiger partial charge in [-0.2, -0.15) is 0 Å². The van der Waals surface area contributed by atoms with Crippen LogP contribution < -0.4 is 5.73 Å². The third-order valence-electron chi connectivity index (χ3n) is 2.57. The highest BCUT2D eigenvalue weighted by atomic mass is 35.5. The van der Waals surface area contributed by atoms with Crippen LogP contribution in [0, 0.1) is 0 Å². The van der Waals surface area contributed by atoms with Crippen LogP contribution in [0.5, 0.6) is 0 Å². The molecule has 1 aromatic carbocycles. The molecule has 0 saturated heterocycles. The summed E-state index contributed by atoms with van der Waals surface area (Å²) in [4.78, 5) is 2.18. The van der Waals surface area contributed by atoms with E-state index in [1.165, 1.54) is 0 Å². The number of nitrogens with two attached hydrogens (primary N) is 1. The minimum atomic E-state index is 0.295. The highest BCUT2D eigenvalue weighted by molar-refractivity contribution is 6.42. The van der Waals surface area contributed by atoms with Gasteiger partial charge in [0.05, 0.1) is 10.0 Å². The number of halogens is 2. The first-order chi connectivity index (χ1) is 7.06. The third kappa shape index (κ3) is 3.35. The molecule has 0 spiro atoms. The van der Waals surface area contributed by atoms with Crippen LogP contribution in [-0.2, 0) is 0 Å². The molecule has 0 aliphatic carbocycles. The summed E-state index contributed by atoms with van der Waals surface area (Å²) < 4.78 is 0. The molecule has 0 bridgehead atoms. The van der Waals surface area contributed by atoms with Crippen molar-refractivity contribution in [2.75, 3.05) is 20.1 Å². The van der Waals surface area contributed by atoms with Crippen LogP contribution in [0.4, 0.5) is 0 Å². The molecule has 1 aromatic rings. The number of likely N-dealkylation sites (N-methyl/N-ethyl adjacent to an activating group) is 1. The second-order valence-corrected chi connectivity index (χ2v) is 4.43. The second-order valence-electron chi connectivity index (χ2n) is 3.62. The van der Waals surface area contributed by atoms with Gasteiger partial charge in [0.15, 0.2) is 0 Å². The van der Waals surface area contributed by atoms with Gasteiger partial charge in [0.1, 0.15) is 0 Å². The number of nitrogens with zero attached hydrogens (tertiary/aromatic N) is 1. The van der Waals surface area contributed by atoms with Crippen molar-refractivity contribution in [2.45, 2.75) is 13.0 Å². The summed E-state index contributed by atoms with van der Waals surface area (Å²) in [5.41, 5.74) is 6.66. The van der Waals surface area contributed by atoms with Gasteiger partial charge in [-0.25, -0.2) is 0 Å². The van der Waals surface area contributed by atoms with E-state index in [4.69, 9.17) is 28.9 Å². The van der Waals surface area contributed by atoms with Crippen LogP contribution in [-0.4, -0.2) is 25.0 Å². The van der Waals surface area contributed by atoms with Gasteiger partial charge in [-0.15, -0.1) is 0 Å². The first kappa shape index (κ1) is 12.8. The number of benzene rings is 1. The Kier molecular flexibility index (Phi) is 4.87. The average Bonchev–Trinajstić information content (AvgIpc) is 2.21. The average molecular weight is 247 g/mol. The van der Waals surface area contributed by atoms with Crippen molar-refractivity contribution >= 4 is 23.2 Å². The first-order valence-corrected chi connectivity index (χ1v) is 5.67. The van der Waals surface area contributed by atoms with Crippen molar-refractivity contribution in [2.24, 2.45) is 5.73 Å². The monoisotopic (exact) mass is 246 g/mol. The minimum Gasteiger partial charge on any atom is -0.329 e. The summed E-state index contributed by atoms with van der Waals surface area (Å²) in [5.74, 6) is 0. The molecule has 4 heteroatoms. The van der Waals surface area contributed by atoms with Gasteiger partial charge in [0.25, 0.3) is 0 Å². The van der Waals surface area contributed by atoms with Crippen LogP contribution >= 0.6 is 23.2 Å². The number of rotatable bonds is 4. The Labute approximate surface area is 101 Å². The molecule has 0 aliphatic rings. The van der Waals surface area contributed by atoms with E-state index in [0.29, 0.717) is 22.6 Å². The highest BCUT2D eigenvalue weighted by Crippen LogP contribution is 2.27. The molecule has 0 fully saturated rings. The lowest BCUT2D eigenvalue weighted by Crippen LogP contribution is -2.28. The Morgan fingerprint density at radius 1 is 1.33 bits per heavy atom. The van der Waals surface area contributed by atoms with E-state index in [-0.39, 0.29) is 0 Å². The molecular formula is C11H16Cl2N2. The first-order valence-electron chi connectivity index (χ1n) is 4.91. The van der Waals surface area contributed by atoms with Crippen LogP contribution in [0.3, 0.4) is 0 Å². The largest absolute Gasteiger partial charge is 0.329 e. The predicted molar refractivity (Wildman–Crippen MR) is 66.6 cm³/mol. The molecule has 2 nitrogen and oxygen atoms in total. The molecule has 0 aromatic heterocycles. The molecule has 1 atom stereocenters. The van der Waals surface area contributed by atoms with E-state index in [9.17, 15) is 0 Å². The molecule has 84 valence electrons. The van der Waals surface area contributed by atoms with Crippen molar-refractivity contribution in [3.63, 3.8) is 0 Å². The summed E-state index contributed by atoms with van der Waals surface area (Å²) in [6.07, 6.45) is 0. The fraction of sp³-hybridized carbons (Fsp3) is 0.455. The van der Waals surface area contributed by atoms with E-state index in [2.05, 4.69) is 11.8 Å². The number of hydrogen-bond acceptors (Lipinski definition) is 2. The normalized spacial score (nSPS) is 13.2. The Hall–Kier alpha value is -0.280. The van der Waals surface area contributed by atoms with Crippen molar-refractivity contribution in [3.8, 4) is 0 Å². The van der Waals surface area contributed by atoms with E-state index in [0.717, 1.165) is 12.1 Å². The van der Waals surface area contributed by atoms with E-state index in [1.807, 2.05) is 25.2 Å². The number of hydrogen-bond donors (Lipinski definition) is 1. The molecule has 0 aliphatic heterocycles. The van der Waals surface area contributed by atoms with Crippen molar-refractivity contribution < 1.29 is 0 Å². The summed E-state index contributed by atoms with van der Waals surface area (Å²) in [5, 5.41) is 1.19. The summed E-state index contributed by atoms with van der Waals surface area (Å²) in [7, 11) is 2.04. The van der Waals surface area contributed by atoms with E-state index in [1.54, 1.807) is 0 Å². The molecule has 2 N–H and O–H groups in total. The van der Waals surface area contributed by atoms with Crippen molar-refractivity contribution in [1.29, 1.82) is 0 Å². The smallest absolute Gasteiger partial charge is 0.0595 e. The summed E-state index contributed by atoms with van der Waals surface area (Å²) >= 11 is 11.8. The van der Waals surface area contributed by atoms with Gasteiger partial charge in [-0.1, -0.05) is 29.3 Å². The fourth-order valence-electron chi connectivity index (χ4n) is 1.42. The molecule has 1 unspecified atom stereocenters. The Morgan fingerprint density at radius 3 is 2.53 bits per heavy atom. The highest BCUT2D eigenvalue weighted by Gasteiger charge is 2.11. The fourth-order valence-corrected chi connectivity index (χ4v) is 1.73. The van der Waals surface area contributed by atoms with Gasteiger partial charge in [0.2, 0.25) is 0 Å². The Morgan fingerprint density at radius 2 is 2.00 bits per heavy atom. The lowest BCUT2D eigenvalue weighted by Gasteiger charge is -2.24. The maximum Gasteiger partial charge on any atom is 0.0595 e. The van der Waals surface area contributed by atoms with Crippen LogP contribution in [0.2, 0.25) is 10.0 Å². The molecule has 0 amide bonds. The quantitative estimate of drug-likeness (QED) is 0.886. The molecule has 15 heavy (non-hydrogen) atoms. The maximum absolute atomic E-state index is 5.96. The lowest BCUT2D eigenvalue weighted by molar-refractivity contribution is 0.269. The third-order valence-corrected chi connectivity index (χ3v) is 3.31. The Bertz CT molecular complexity index is 328. The molecule has 0 heterocycles. The zero-order chi connectivity index (χ0) is 11.4. The van der Waals surface area contributed by atoms with Crippen molar-refractivity contribution in [1.82, 2.24) is 4.90 Å². The Balaban J connectivity index is 2.81. The molecule has 1 rings (SSSR count). The zero-order valence-electron chi connectivity index (χ0n) is 9.00. The van der Waals surface area contributed by atoms with E-state index >= 15 is 0 Å². The van der Waals surface area contributed by atoms with E-state index < -0.39 is 0 Å². The summed E-state index contributed by atoms with van der Waals surface area (Å²) in [6.45, 7) is 3.64. The van der Waals surface area contributed by atoms with Crippen LogP contribution in [0.15, 0.2) is 18.2 Å². The topological polar surface area (TPSA) is 29.3 Å². The molecule has 0 saturated carbocycles. The predicted octanol–water partition coefficient (Wildman–Crippen LogP) is 2.94. The molecule has 0 radical (unpaired) electrons. The van der Waals surface area contributed by atoms with Gasteiger partial charge in [-0.3, -0.25) is 4.90 Å². The standard InChI is InChI=1S/C11H16Cl2N2/c1-8(15(2)6-5-14)9-3-4-10(12)11(13)7-9/h3-4,7-8H,5-6,14H2,1-2H3. The van der Waals surface area contributed by atoms with Crippen molar-refractivity contribution in [3.05, 3.63) is 33.8 Å². The minimum absolute atomic E-state index is 0.295. The van der Waals surface area contributed by atoms with Gasteiger partial charge in [-0.05, 0) is 31.7 Å². The van der Waals surface area contributed by atoms with Gasteiger partial charge >= 0.3 is 0 Å². The van der Waals surface area contributed by atoms with Crippen LogP contribution in [0.1, 0.15) is 18.5 Å². The lowest BCUT2D eigenvalue weighted by atomic mass is 10.1. The van der Waals surface area contributed by atoms with Gasteiger partial charge in [0, 0.05) is 19.1 Å². The van der Waals surface area contributed by atoms with Crippen LogP contribution in [0.25, 0.3) is 0 Å².